The monoisotopic (exact) mass is 788 g/mol. The molecule has 0 spiro atoms. The number of H-pyrrole nitrogens is 2. The number of methoxy groups -OCH3 is 2. The van der Waals surface area contributed by atoms with Crippen molar-refractivity contribution in [3.63, 3.8) is 0 Å². The Balaban J connectivity index is 1.13. The number of carbonyl (C=O) groups is 4. The van der Waals surface area contributed by atoms with Crippen molar-refractivity contribution in [2.75, 3.05) is 27.3 Å². The second kappa shape index (κ2) is 17.1. The fourth-order valence-electron chi connectivity index (χ4n) is 7.52. The molecule has 6 rings (SSSR count). The van der Waals surface area contributed by atoms with Crippen LogP contribution < -0.4 is 10.6 Å². The molecule has 4 amide bonds. The van der Waals surface area contributed by atoms with Crippen LogP contribution in [0.2, 0.25) is 0 Å². The summed E-state index contributed by atoms with van der Waals surface area (Å²) in [6.45, 7) is 7.13. The number of halogens is 2. The average Bonchev–Trinajstić information content (AvgIpc) is 4.04. The van der Waals surface area contributed by atoms with Crippen LogP contribution in [0, 0.1) is 11.8 Å². The lowest BCUT2D eigenvalue weighted by molar-refractivity contribution is -0.137. The van der Waals surface area contributed by atoms with Gasteiger partial charge in [-0.05, 0) is 46.9 Å². The lowest BCUT2D eigenvalue weighted by Crippen LogP contribution is -2.51. The number of ether oxygens (including phenoxy) is 2. The first-order valence-corrected chi connectivity index (χ1v) is 19.2. The predicted molar refractivity (Wildman–Crippen MR) is 208 cm³/mol. The molecule has 0 radical (unpaired) electrons. The smallest absolute Gasteiger partial charge is 0.407 e. The van der Waals surface area contributed by atoms with Crippen LogP contribution in [-0.2, 0) is 19.1 Å². The van der Waals surface area contributed by atoms with E-state index in [1.54, 1.807) is 31.1 Å². The Morgan fingerprint density at radius 1 is 0.772 bits per heavy atom. The molecule has 0 aliphatic carbocycles. The Hall–Kier alpha value is -5.80. The second-order valence-electron chi connectivity index (χ2n) is 15.1. The van der Waals surface area contributed by atoms with E-state index in [1.807, 2.05) is 62.4 Å². The number of nitrogens with zero attached hydrogens (tertiary/aromatic N) is 4. The van der Waals surface area contributed by atoms with Gasteiger partial charge in [0.2, 0.25) is 11.8 Å². The molecule has 2 aromatic heterocycles. The topological polar surface area (TPSA) is 175 Å². The van der Waals surface area contributed by atoms with E-state index in [0.717, 1.165) is 45.7 Å². The van der Waals surface area contributed by atoms with Crippen LogP contribution in [0.3, 0.4) is 0 Å². The summed E-state index contributed by atoms with van der Waals surface area (Å²) in [6, 6.07) is 12.7. The van der Waals surface area contributed by atoms with Crippen molar-refractivity contribution in [3.05, 3.63) is 72.6 Å². The largest absolute Gasteiger partial charge is 0.453 e. The van der Waals surface area contributed by atoms with Crippen molar-refractivity contribution in [1.82, 2.24) is 40.4 Å². The third kappa shape index (κ3) is 8.94. The van der Waals surface area contributed by atoms with Crippen molar-refractivity contribution < 1.29 is 37.4 Å². The molecular weight excluding hydrogens is 738 g/mol. The summed E-state index contributed by atoms with van der Waals surface area (Å²) in [4.78, 5) is 69.6. The van der Waals surface area contributed by atoms with Crippen LogP contribution in [0.25, 0.3) is 33.6 Å². The zero-order chi connectivity index (χ0) is 41.0. The number of nitrogens with one attached hydrogen (secondary N) is 4. The van der Waals surface area contributed by atoms with E-state index in [-0.39, 0.29) is 29.6 Å². The van der Waals surface area contributed by atoms with Crippen LogP contribution in [-0.4, -0.2) is 99.1 Å². The van der Waals surface area contributed by atoms with Gasteiger partial charge < -0.3 is 39.9 Å². The van der Waals surface area contributed by atoms with Gasteiger partial charge in [0.15, 0.2) is 0 Å². The predicted octanol–water partition coefficient (Wildman–Crippen LogP) is 6.86. The average molecular weight is 789 g/mol. The van der Waals surface area contributed by atoms with E-state index in [9.17, 15) is 28.0 Å². The molecule has 2 aliphatic rings. The maximum Gasteiger partial charge on any atom is 0.407 e. The van der Waals surface area contributed by atoms with Gasteiger partial charge in [-0.3, -0.25) is 9.59 Å². The van der Waals surface area contributed by atoms with Crippen LogP contribution in [0.15, 0.2) is 60.9 Å². The highest BCUT2D eigenvalue weighted by Crippen LogP contribution is 2.41. The highest BCUT2D eigenvalue weighted by Gasteiger charge is 2.50. The number of aromatic nitrogens is 4. The Labute approximate surface area is 330 Å². The molecule has 0 saturated carbocycles. The number of imidazole rings is 2. The maximum absolute atomic E-state index is 14.8. The number of rotatable bonds is 12. The first-order chi connectivity index (χ1) is 27.2. The SMILES string of the molecule is CCC(C)[C@H](NC(=O)OC)C(=O)N1CCC[C@H]1c1ncc(-c2ccc(-c3ccc(-c4cnc([C@@H]5CC(F)(F)CN5C(=O)[C@@H](NC(=O)OC)C(C)C)[nH]4)cc3)cc2)[nH]1. The number of hydrogen-bond acceptors (Lipinski definition) is 8. The molecule has 2 aromatic carbocycles. The van der Waals surface area contributed by atoms with Crippen molar-refractivity contribution >= 4 is 24.0 Å². The molecule has 4 heterocycles. The summed E-state index contributed by atoms with van der Waals surface area (Å²) in [6.07, 6.45) is 3.56. The van der Waals surface area contributed by atoms with Crippen molar-refractivity contribution in [3.8, 4) is 33.6 Å². The van der Waals surface area contributed by atoms with E-state index in [4.69, 9.17) is 4.74 Å². The van der Waals surface area contributed by atoms with Crippen LogP contribution in [0.4, 0.5) is 18.4 Å². The molecule has 14 nitrogen and oxygen atoms in total. The third-order valence-electron chi connectivity index (χ3n) is 11.0. The number of amides is 4. The van der Waals surface area contributed by atoms with Gasteiger partial charge >= 0.3 is 12.2 Å². The summed E-state index contributed by atoms with van der Waals surface area (Å²) in [5.41, 5.74) is 5.05. The fourth-order valence-corrected chi connectivity index (χ4v) is 7.52. The molecule has 2 fully saturated rings. The van der Waals surface area contributed by atoms with Gasteiger partial charge in [-0.1, -0.05) is 82.6 Å². The number of carbonyl (C=O) groups excluding carboxylic acids is 4. The molecule has 57 heavy (non-hydrogen) atoms. The normalized spacial score (nSPS) is 19.2. The quantitative estimate of drug-likeness (QED) is 0.121. The first-order valence-electron chi connectivity index (χ1n) is 19.2. The van der Waals surface area contributed by atoms with E-state index in [0.29, 0.717) is 24.5 Å². The first kappa shape index (κ1) is 40.9. The second-order valence-corrected chi connectivity index (χ2v) is 15.1. The minimum absolute atomic E-state index is 0.0779. The Kier molecular flexibility index (Phi) is 12.3. The number of benzene rings is 2. The number of aromatic amines is 2. The number of alkyl carbamates (subject to hydrolysis) is 2. The number of hydrogen-bond donors (Lipinski definition) is 4. The standard InChI is InChI=1S/C41H50F2N8O6/c1-7-24(4)34(49-40(55)57-6)38(53)50-18-8-9-31(50)35-44-20-29(46-35)27-14-10-25(11-15-27)26-12-16-28(17-13-26)30-21-45-36(47-30)32-19-41(42,43)22-51(32)37(52)33(23(2)3)48-39(54)56-5/h10-17,20-21,23-24,31-34H,7-9,18-19,22H2,1-6H3,(H,44,46)(H,45,47)(H,48,54)(H,49,55)/t24?,31-,32-,33-,34-/m0/s1. The van der Waals surface area contributed by atoms with Gasteiger partial charge in [0.05, 0.1) is 56.6 Å². The Bertz CT molecular complexity index is 2050. The zero-order valence-corrected chi connectivity index (χ0v) is 33.0. The molecule has 4 aromatic rings. The lowest BCUT2D eigenvalue weighted by atomic mass is 9.97. The molecule has 5 atom stereocenters. The summed E-state index contributed by atoms with van der Waals surface area (Å²) < 4.78 is 39.0. The number of likely N-dealkylation sites (tertiary alicyclic amines) is 2. The Morgan fingerprint density at radius 3 is 1.74 bits per heavy atom. The minimum Gasteiger partial charge on any atom is -0.453 e. The van der Waals surface area contributed by atoms with Crippen LogP contribution >= 0.6 is 0 Å². The van der Waals surface area contributed by atoms with E-state index in [2.05, 4.69) is 35.3 Å². The Morgan fingerprint density at radius 2 is 1.25 bits per heavy atom. The van der Waals surface area contributed by atoms with Crippen molar-refractivity contribution in [1.29, 1.82) is 0 Å². The number of alkyl halides is 2. The van der Waals surface area contributed by atoms with E-state index < -0.39 is 55.1 Å². The maximum atomic E-state index is 14.8. The molecule has 2 aliphatic heterocycles. The summed E-state index contributed by atoms with van der Waals surface area (Å²) in [5, 5.41) is 5.20. The molecule has 0 bridgehead atoms. The summed E-state index contributed by atoms with van der Waals surface area (Å²) >= 11 is 0. The lowest BCUT2D eigenvalue weighted by Gasteiger charge is -2.30. The zero-order valence-electron chi connectivity index (χ0n) is 33.0. The molecule has 304 valence electrons. The molecular formula is C41H50F2N8O6. The van der Waals surface area contributed by atoms with Gasteiger partial charge in [0, 0.05) is 13.0 Å². The fraction of sp³-hybridized carbons (Fsp3) is 0.463. The van der Waals surface area contributed by atoms with Gasteiger partial charge in [-0.2, -0.15) is 0 Å². The molecule has 4 N–H and O–H groups in total. The van der Waals surface area contributed by atoms with E-state index >= 15 is 0 Å². The summed E-state index contributed by atoms with van der Waals surface area (Å²) in [5.74, 6) is -3.44. The molecule has 1 unspecified atom stereocenters. The minimum atomic E-state index is -3.13. The van der Waals surface area contributed by atoms with Gasteiger partial charge in [0.1, 0.15) is 23.7 Å². The van der Waals surface area contributed by atoms with Crippen LogP contribution in [0.5, 0.6) is 0 Å². The highest BCUT2D eigenvalue weighted by atomic mass is 19.3. The summed E-state index contributed by atoms with van der Waals surface area (Å²) in [7, 11) is 2.45. The van der Waals surface area contributed by atoms with Crippen LogP contribution in [0.1, 0.15) is 77.1 Å². The highest BCUT2D eigenvalue weighted by molar-refractivity contribution is 5.87. The van der Waals surface area contributed by atoms with E-state index in [1.165, 1.54) is 14.2 Å². The van der Waals surface area contributed by atoms with Crippen molar-refractivity contribution in [2.24, 2.45) is 11.8 Å². The van der Waals surface area contributed by atoms with Gasteiger partial charge in [-0.15, -0.1) is 0 Å². The van der Waals surface area contributed by atoms with Crippen molar-refractivity contribution in [2.45, 2.75) is 83.5 Å². The molecule has 16 heteroatoms. The van der Waals surface area contributed by atoms with Gasteiger partial charge in [-0.25, -0.2) is 28.3 Å². The van der Waals surface area contributed by atoms with Gasteiger partial charge in [0.25, 0.3) is 5.92 Å². The molecule has 2 saturated heterocycles. The third-order valence-corrected chi connectivity index (χ3v) is 11.0.